The first-order valence-electron chi connectivity index (χ1n) is 10.2. The van der Waals surface area contributed by atoms with Gasteiger partial charge in [-0.15, -0.1) is 0 Å². The van der Waals surface area contributed by atoms with Crippen molar-refractivity contribution in [1.82, 2.24) is 0 Å². The number of hydrogen-bond donors (Lipinski definition) is 1. The molecule has 2 unspecified atom stereocenters. The number of hydrogen-bond acceptors (Lipinski definition) is 7. The normalized spacial score (nSPS) is 21.2. The van der Waals surface area contributed by atoms with Crippen LogP contribution in [0.4, 0.5) is 0 Å². The number of esters is 1. The number of ether oxygens (including phenoxy) is 3. The van der Waals surface area contributed by atoms with Gasteiger partial charge in [0.2, 0.25) is 0 Å². The minimum Gasteiger partial charge on any atom is -0.459 e. The van der Waals surface area contributed by atoms with E-state index in [-0.39, 0.29) is 37.4 Å². The van der Waals surface area contributed by atoms with E-state index in [4.69, 9.17) is 14.2 Å². The standard InChI is InChI=1S/C22H32O7S/c1-4-16(2)19(13-29-22(24)14-27-3)20(23)12-21-17(10-11-28-21)15-30(25,26)18-8-6-5-7-9-18/h5-9,17,20-21,23H,4,10-15H2,1-3H3/b19-16-/t17?,20?,21-/m0/s1. The second kappa shape index (κ2) is 11.6. The Hall–Kier alpha value is -1.74. The predicted octanol–water partition coefficient (Wildman–Crippen LogP) is 2.53. The Kier molecular flexibility index (Phi) is 9.48. The van der Waals surface area contributed by atoms with Gasteiger partial charge in [0.15, 0.2) is 9.84 Å². The Morgan fingerprint density at radius 1 is 1.27 bits per heavy atom. The average Bonchev–Trinajstić information content (AvgIpc) is 3.14. The number of allylic oxidation sites excluding steroid dienone is 1. The van der Waals surface area contributed by atoms with Crippen molar-refractivity contribution in [2.24, 2.45) is 5.92 Å². The number of sulfone groups is 1. The molecule has 0 spiro atoms. The fourth-order valence-electron chi connectivity index (χ4n) is 3.56. The van der Waals surface area contributed by atoms with E-state index in [1.54, 1.807) is 30.3 Å². The summed E-state index contributed by atoms with van der Waals surface area (Å²) in [6.07, 6.45) is 0.311. The lowest BCUT2D eigenvalue weighted by Gasteiger charge is -2.24. The Morgan fingerprint density at radius 2 is 1.97 bits per heavy atom. The lowest BCUT2D eigenvalue weighted by Crippen LogP contribution is -2.30. The third-order valence-electron chi connectivity index (χ3n) is 5.47. The molecule has 8 heteroatoms. The van der Waals surface area contributed by atoms with E-state index >= 15 is 0 Å². The second-order valence-corrected chi connectivity index (χ2v) is 9.59. The van der Waals surface area contributed by atoms with E-state index in [2.05, 4.69) is 0 Å². The third-order valence-corrected chi connectivity index (χ3v) is 7.33. The highest BCUT2D eigenvalue weighted by molar-refractivity contribution is 7.91. The number of benzene rings is 1. The summed E-state index contributed by atoms with van der Waals surface area (Å²) in [5.74, 6) is -0.734. The van der Waals surface area contributed by atoms with Gasteiger partial charge < -0.3 is 19.3 Å². The number of methoxy groups -OCH3 is 1. The van der Waals surface area contributed by atoms with Gasteiger partial charge in [-0.05, 0) is 37.5 Å². The van der Waals surface area contributed by atoms with Crippen LogP contribution >= 0.6 is 0 Å². The van der Waals surface area contributed by atoms with Crippen molar-refractivity contribution in [3.05, 3.63) is 41.5 Å². The number of aliphatic hydroxyl groups is 1. The van der Waals surface area contributed by atoms with E-state index in [0.717, 1.165) is 5.57 Å². The molecule has 1 heterocycles. The van der Waals surface area contributed by atoms with Crippen LogP contribution in [0.25, 0.3) is 0 Å². The first-order valence-corrected chi connectivity index (χ1v) is 11.8. The van der Waals surface area contributed by atoms with Crippen molar-refractivity contribution in [2.45, 2.75) is 50.2 Å². The molecule has 168 valence electrons. The quantitative estimate of drug-likeness (QED) is 0.417. The van der Waals surface area contributed by atoms with Crippen molar-refractivity contribution < 1.29 is 32.5 Å². The molecule has 0 radical (unpaired) electrons. The fraction of sp³-hybridized carbons (Fsp3) is 0.591. The van der Waals surface area contributed by atoms with Gasteiger partial charge in [-0.25, -0.2) is 13.2 Å². The molecule has 1 N–H and O–H groups in total. The molecule has 30 heavy (non-hydrogen) atoms. The van der Waals surface area contributed by atoms with E-state index in [0.29, 0.717) is 29.9 Å². The number of carbonyl (C=O) groups is 1. The molecule has 3 atom stereocenters. The zero-order chi connectivity index (χ0) is 22.1. The topological polar surface area (TPSA) is 99.1 Å². The van der Waals surface area contributed by atoms with Crippen molar-refractivity contribution >= 4 is 15.8 Å². The van der Waals surface area contributed by atoms with Gasteiger partial charge in [-0.1, -0.05) is 30.7 Å². The molecule has 1 aromatic carbocycles. The van der Waals surface area contributed by atoms with Crippen LogP contribution in [0.2, 0.25) is 0 Å². The monoisotopic (exact) mass is 440 g/mol. The molecule has 0 aromatic heterocycles. The Morgan fingerprint density at radius 3 is 2.60 bits per heavy atom. The van der Waals surface area contributed by atoms with E-state index in [9.17, 15) is 18.3 Å². The molecular formula is C22H32O7S. The van der Waals surface area contributed by atoms with Crippen LogP contribution in [0.15, 0.2) is 46.4 Å². The number of aliphatic hydroxyl groups excluding tert-OH is 1. The predicted molar refractivity (Wildman–Crippen MR) is 113 cm³/mol. The summed E-state index contributed by atoms with van der Waals surface area (Å²) < 4.78 is 41.2. The molecule has 0 bridgehead atoms. The molecule has 7 nitrogen and oxygen atoms in total. The first kappa shape index (κ1) is 24.5. The smallest absolute Gasteiger partial charge is 0.332 e. The molecular weight excluding hydrogens is 408 g/mol. The maximum absolute atomic E-state index is 12.8. The number of rotatable bonds is 11. The van der Waals surface area contributed by atoms with E-state index in [1.807, 2.05) is 13.8 Å². The minimum absolute atomic E-state index is 0.0248. The van der Waals surface area contributed by atoms with Crippen molar-refractivity contribution in [3.8, 4) is 0 Å². The summed E-state index contributed by atoms with van der Waals surface area (Å²) in [4.78, 5) is 11.9. The van der Waals surface area contributed by atoms with Crippen LogP contribution in [0.5, 0.6) is 0 Å². The first-order chi connectivity index (χ1) is 14.3. The van der Waals surface area contributed by atoms with Gasteiger partial charge in [-0.2, -0.15) is 0 Å². The van der Waals surface area contributed by atoms with Gasteiger partial charge in [0.1, 0.15) is 13.2 Å². The van der Waals surface area contributed by atoms with Crippen molar-refractivity contribution in [2.75, 3.05) is 32.7 Å². The SMILES string of the molecule is CC/C(C)=C(/COC(=O)COC)C(O)C[C@@H]1OCCC1CS(=O)(=O)c1ccccc1. The summed E-state index contributed by atoms with van der Waals surface area (Å²) in [6.45, 7) is 4.12. The van der Waals surface area contributed by atoms with Gasteiger partial charge in [-0.3, -0.25) is 0 Å². The highest BCUT2D eigenvalue weighted by Gasteiger charge is 2.35. The largest absolute Gasteiger partial charge is 0.459 e. The Balaban J connectivity index is 2.05. The van der Waals surface area contributed by atoms with Gasteiger partial charge in [0.05, 0.1) is 22.9 Å². The van der Waals surface area contributed by atoms with Crippen LogP contribution in [0.3, 0.4) is 0 Å². The lowest BCUT2D eigenvalue weighted by atomic mass is 9.93. The molecule has 2 rings (SSSR count). The summed E-state index contributed by atoms with van der Waals surface area (Å²) in [5.41, 5.74) is 1.56. The zero-order valence-corrected chi connectivity index (χ0v) is 18.7. The molecule has 1 aromatic rings. The maximum atomic E-state index is 12.8. The molecule has 1 fully saturated rings. The van der Waals surface area contributed by atoms with Crippen LogP contribution in [-0.4, -0.2) is 64.4 Å². The highest BCUT2D eigenvalue weighted by Crippen LogP contribution is 2.30. The average molecular weight is 441 g/mol. The lowest BCUT2D eigenvalue weighted by molar-refractivity contribution is -0.147. The second-order valence-electron chi connectivity index (χ2n) is 7.56. The molecule has 0 saturated carbocycles. The summed E-state index contributed by atoms with van der Waals surface area (Å²) in [7, 11) is -2.03. The molecule has 1 aliphatic heterocycles. The fourth-order valence-corrected chi connectivity index (χ4v) is 5.27. The molecule has 0 aliphatic carbocycles. The van der Waals surface area contributed by atoms with Crippen LogP contribution < -0.4 is 0 Å². The van der Waals surface area contributed by atoms with Crippen LogP contribution in [-0.2, 0) is 28.8 Å². The number of carbonyl (C=O) groups excluding carboxylic acids is 1. The van der Waals surface area contributed by atoms with Gasteiger partial charge in [0, 0.05) is 26.1 Å². The molecule has 1 saturated heterocycles. The minimum atomic E-state index is -3.44. The summed E-state index contributed by atoms with van der Waals surface area (Å²) in [6, 6.07) is 8.37. The Labute approximate surface area is 178 Å². The highest BCUT2D eigenvalue weighted by atomic mass is 32.2. The molecule has 0 amide bonds. The van der Waals surface area contributed by atoms with E-state index < -0.39 is 21.9 Å². The summed E-state index contributed by atoms with van der Waals surface area (Å²) >= 11 is 0. The van der Waals surface area contributed by atoms with Crippen molar-refractivity contribution in [1.29, 1.82) is 0 Å². The van der Waals surface area contributed by atoms with Crippen LogP contribution in [0.1, 0.15) is 33.1 Å². The van der Waals surface area contributed by atoms with Gasteiger partial charge >= 0.3 is 5.97 Å². The molecule has 1 aliphatic rings. The van der Waals surface area contributed by atoms with E-state index in [1.165, 1.54) is 7.11 Å². The van der Waals surface area contributed by atoms with Crippen molar-refractivity contribution in [3.63, 3.8) is 0 Å². The maximum Gasteiger partial charge on any atom is 0.332 e. The van der Waals surface area contributed by atoms with Gasteiger partial charge in [0.25, 0.3) is 0 Å². The third kappa shape index (κ3) is 6.91. The summed E-state index contributed by atoms with van der Waals surface area (Å²) in [5, 5.41) is 10.8. The zero-order valence-electron chi connectivity index (χ0n) is 17.9. The Bertz CT molecular complexity index is 817. The van der Waals surface area contributed by atoms with Crippen LogP contribution in [0, 0.1) is 5.92 Å².